The van der Waals surface area contributed by atoms with Crippen molar-refractivity contribution in [3.8, 4) is 11.4 Å². The highest BCUT2D eigenvalue weighted by molar-refractivity contribution is 7.09. The van der Waals surface area contributed by atoms with Gasteiger partial charge in [0.2, 0.25) is 11.7 Å². The molecule has 3 heterocycles. The summed E-state index contributed by atoms with van der Waals surface area (Å²) in [5.74, 6) is 2.18. The zero-order valence-corrected chi connectivity index (χ0v) is 14.6. The third-order valence-electron chi connectivity index (χ3n) is 4.65. The molecule has 0 aliphatic carbocycles. The van der Waals surface area contributed by atoms with Crippen LogP contribution in [-0.2, 0) is 6.42 Å². The first kappa shape index (κ1) is 15.4. The van der Waals surface area contributed by atoms with Gasteiger partial charge in [-0.1, -0.05) is 18.1 Å². The summed E-state index contributed by atoms with van der Waals surface area (Å²) in [6.07, 6.45) is 3.26. The maximum absolute atomic E-state index is 5.39. The van der Waals surface area contributed by atoms with Gasteiger partial charge in [-0.2, -0.15) is 4.98 Å². The van der Waals surface area contributed by atoms with Gasteiger partial charge in [0.15, 0.2) is 0 Å². The summed E-state index contributed by atoms with van der Waals surface area (Å²) >= 11 is 1.71. The SMILES string of the molecule is CC1CCN(c2ccc(-c3noc(Cc4cccs4)n3)cc2)CC1. The number of piperidine rings is 1. The van der Waals surface area contributed by atoms with Gasteiger partial charge in [-0.25, -0.2) is 0 Å². The Kier molecular flexibility index (Phi) is 4.34. The standard InChI is InChI=1S/C19H21N3OS/c1-14-8-10-22(11-9-14)16-6-4-15(5-7-16)19-20-18(23-21-19)13-17-3-2-12-24-17/h2-7,12,14H,8-11,13H2,1H3. The number of thiophene rings is 1. The molecule has 0 amide bonds. The fourth-order valence-corrected chi connectivity index (χ4v) is 3.79. The van der Waals surface area contributed by atoms with Crippen LogP contribution in [0.2, 0.25) is 0 Å². The topological polar surface area (TPSA) is 42.2 Å². The fraction of sp³-hybridized carbons (Fsp3) is 0.368. The van der Waals surface area contributed by atoms with Crippen LogP contribution in [-0.4, -0.2) is 23.2 Å². The predicted octanol–water partition coefficient (Wildman–Crippen LogP) is 4.63. The van der Waals surface area contributed by atoms with Gasteiger partial charge in [0.05, 0.1) is 6.42 Å². The first-order valence-electron chi connectivity index (χ1n) is 8.48. The third-order valence-corrected chi connectivity index (χ3v) is 5.52. The number of benzene rings is 1. The minimum Gasteiger partial charge on any atom is -0.372 e. The molecule has 4 rings (SSSR count). The Morgan fingerprint density at radius 2 is 1.96 bits per heavy atom. The Morgan fingerprint density at radius 3 is 2.67 bits per heavy atom. The van der Waals surface area contributed by atoms with Crippen molar-refractivity contribution in [1.82, 2.24) is 10.1 Å². The molecule has 0 spiro atoms. The highest BCUT2D eigenvalue weighted by Gasteiger charge is 2.16. The van der Waals surface area contributed by atoms with Crippen molar-refractivity contribution in [2.75, 3.05) is 18.0 Å². The van der Waals surface area contributed by atoms with Crippen molar-refractivity contribution in [3.05, 3.63) is 52.5 Å². The van der Waals surface area contributed by atoms with E-state index in [0.717, 1.165) is 24.6 Å². The molecule has 0 radical (unpaired) electrons. The van der Waals surface area contributed by atoms with Gasteiger partial charge in [-0.3, -0.25) is 0 Å². The van der Waals surface area contributed by atoms with E-state index in [-0.39, 0.29) is 0 Å². The number of anilines is 1. The molecule has 3 aromatic rings. The predicted molar refractivity (Wildman–Crippen MR) is 97.5 cm³/mol. The van der Waals surface area contributed by atoms with E-state index >= 15 is 0 Å². The average molecular weight is 339 g/mol. The Balaban J connectivity index is 1.46. The zero-order valence-electron chi connectivity index (χ0n) is 13.8. The quantitative estimate of drug-likeness (QED) is 0.695. The van der Waals surface area contributed by atoms with Gasteiger partial charge in [0, 0.05) is 29.2 Å². The minimum absolute atomic E-state index is 0.667. The molecule has 124 valence electrons. The second kappa shape index (κ2) is 6.77. The lowest BCUT2D eigenvalue weighted by Gasteiger charge is -2.32. The molecule has 0 N–H and O–H groups in total. The average Bonchev–Trinajstić information content (AvgIpc) is 3.28. The van der Waals surface area contributed by atoms with Gasteiger partial charge >= 0.3 is 0 Å². The Bertz CT molecular complexity index is 771. The van der Waals surface area contributed by atoms with Crippen molar-refractivity contribution in [2.24, 2.45) is 5.92 Å². The molecule has 0 unspecified atom stereocenters. The molecule has 1 aromatic carbocycles. The Morgan fingerprint density at radius 1 is 1.17 bits per heavy atom. The molecular weight excluding hydrogens is 318 g/mol. The molecule has 2 aromatic heterocycles. The zero-order chi connectivity index (χ0) is 16.4. The summed E-state index contributed by atoms with van der Waals surface area (Å²) < 4.78 is 5.39. The highest BCUT2D eigenvalue weighted by Crippen LogP contribution is 2.26. The maximum Gasteiger partial charge on any atom is 0.232 e. The number of hydrogen-bond acceptors (Lipinski definition) is 5. The summed E-state index contributed by atoms with van der Waals surface area (Å²) in [4.78, 5) is 8.22. The molecule has 1 saturated heterocycles. The summed E-state index contributed by atoms with van der Waals surface area (Å²) in [5, 5.41) is 6.19. The number of nitrogens with zero attached hydrogens (tertiary/aromatic N) is 3. The van der Waals surface area contributed by atoms with E-state index < -0.39 is 0 Å². The van der Waals surface area contributed by atoms with Crippen LogP contribution in [0.1, 0.15) is 30.5 Å². The van der Waals surface area contributed by atoms with Crippen LogP contribution < -0.4 is 4.90 Å². The first-order valence-corrected chi connectivity index (χ1v) is 9.36. The van der Waals surface area contributed by atoms with Gasteiger partial charge in [-0.05, 0) is 54.5 Å². The van der Waals surface area contributed by atoms with E-state index in [1.165, 1.54) is 23.4 Å². The van der Waals surface area contributed by atoms with Crippen LogP contribution in [0, 0.1) is 5.92 Å². The van der Waals surface area contributed by atoms with Crippen molar-refractivity contribution >= 4 is 17.0 Å². The van der Waals surface area contributed by atoms with E-state index in [9.17, 15) is 0 Å². The van der Waals surface area contributed by atoms with Crippen LogP contribution >= 0.6 is 11.3 Å². The number of rotatable bonds is 4. The lowest BCUT2D eigenvalue weighted by molar-refractivity contribution is 0.386. The van der Waals surface area contributed by atoms with E-state index in [0.29, 0.717) is 18.1 Å². The summed E-state index contributed by atoms with van der Waals surface area (Å²) in [5.41, 5.74) is 2.29. The fourth-order valence-electron chi connectivity index (χ4n) is 3.09. The van der Waals surface area contributed by atoms with Crippen molar-refractivity contribution in [2.45, 2.75) is 26.2 Å². The summed E-state index contributed by atoms with van der Waals surface area (Å²) in [6, 6.07) is 12.6. The molecule has 24 heavy (non-hydrogen) atoms. The maximum atomic E-state index is 5.39. The molecule has 0 atom stereocenters. The Hall–Kier alpha value is -2.14. The van der Waals surface area contributed by atoms with E-state index in [1.54, 1.807) is 11.3 Å². The lowest BCUT2D eigenvalue weighted by atomic mass is 9.98. The van der Waals surface area contributed by atoms with Crippen LogP contribution in [0.5, 0.6) is 0 Å². The monoisotopic (exact) mass is 339 g/mol. The number of aromatic nitrogens is 2. The van der Waals surface area contributed by atoms with Crippen LogP contribution in [0.4, 0.5) is 5.69 Å². The molecular formula is C19H21N3OS. The van der Waals surface area contributed by atoms with Crippen molar-refractivity contribution in [3.63, 3.8) is 0 Å². The summed E-state index contributed by atoms with van der Waals surface area (Å²) in [6.45, 7) is 4.63. The second-order valence-corrected chi connectivity index (χ2v) is 7.52. The second-order valence-electron chi connectivity index (χ2n) is 6.48. The van der Waals surface area contributed by atoms with Gasteiger partial charge < -0.3 is 9.42 Å². The highest BCUT2D eigenvalue weighted by atomic mass is 32.1. The molecule has 0 saturated carbocycles. The number of hydrogen-bond donors (Lipinski definition) is 0. The molecule has 1 fully saturated rings. The summed E-state index contributed by atoms with van der Waals surface area (Å²) in [7, 11) is 0. The minimum atomic E-state index is 0.667. The largest absolute Gasteiger partial charge is 0.372 e. The van der Waals surface area contributed by atoms with Crippen LogP contribution in [0.25, 0.3) is 11.4 Å². The van der Waals surface area contributed by atoms with E-state index in [4.69, 9.17) is 4.52 Å². The molecule has 1 aliphatic rings. The van der Waals surface area contributed by atoms with Crippen LogP contribution in [0.3, 0.4) is 0 Å². The van der Waals surface area contributed by atoms with Crippen LogP contribution in [0.15, 0.2) is 46.3 Å². The first-order chi connectivity index (χ1) is 11.8. The smallest absolute Gasteiger partial charge is 0.232 e. The third kappa shape index (κ3) is 3.36. The van der Waals surface area contributed by atoms with Crippen molar-refractivity contribution < 1.29 is 4.52 Å². The molecule has 5 heteroatoms. The van der Waals surface area contributed by atoms with Gasteiger partial charge in [0.25, 0.3) is 0 Å². The molecule has 4 nitrogen and oxygen atoms in total. The van der Waals surface area contributed by atoms with Gasteiger partial charge in [-0.15, -0.1) is 11.3 Å². The van der Waals surface area contributed by atoms with Gasteiger partial charge in [0.1, 0.15) is 0 Å². The van der Waals surface area contributed by atoms with E-state index in [2.05, 4.69) is 57.7 Å². The van der Waals surface area contributed by atoms with Crippen molar-refractivity contribution in [1.29, 1.82) is 0 Å². The molecule has 0 bridgehead atoms. The molecule has 1 aliphatic heterocycles. The Labute approximate surface area is 146 Å². The van der Waals surface area contributed by atoms with E-state index in [1.807, 2.05) is 6.07 Å². The lowest BCUT2D eigenvalue weighted by Crippen LogP contribution is -2.32. The normalized spacial score (nSPS) is 15.8.